The predicted molar refractivity (Wildman–Crippen MR) is 111 cm³/mol. The lowest BCUT2D eigenvalue weighted by Gasteiger charge is -2.14. The molecule has 0 aliphatic heterocycles. The molecule has 0 spiro atoms. The molecule has 0 unspecified atom stereocenters. The van der Waals surface area contributed by atoms with Gasteiger partial charge in [0.25, 0.3) is 0 Å². The molecule has 0 fully saturated rings. The van der Waals surface area contributed by atoms with Gasteiger partial charge in [0, 0.05) is 16.1 Å². The van der Waals surface area contributed by atoms with E-state index in [2.05, 4.69) is 17.2 Å². The van der Waals surface area contributed by atoms with Crippen molar-refractivity contribution in [2.24, 2.45) is 0 Å². The number of aldehydes is 1. The highest BCUT2D eigenvalue weighted by molar-refractivity contribution is 6.35. The minimum Gasteiger partial charge on any atom is -0.296 e. The number of aromatic nitrogens is 2. The van der Waals surface area contributed by atoms with E-state index in [9.17, 15) is 9.18 Å². The van der Waals surface area contributed by atoms with Gasteiger partial charge in [0.05, 0.1) is 23.1 Å². The van der Waals surface area contributed by atoms with Gasteiger partial charge in [0.15, 0.2) is 6.29 Å². The standard InChI is InChI=1S/C22H19Cl2FN2O/c23-16-7-9-21(19(24)12-16)27-22-17-8-6-14(3-2-10-25)11-15(17)4-1-5-18(22)20(13-28)26-27/h6-9,11-13H,1-5,10H2. The van der Waals surface area contributed by atoms with Crippen LogP contribution in [-0.4, -0.2) is 22.7 Å². The Balaban J connectivity index is 1.92. The maximum absolute atomic E-state index is 12.6. The van der Waals surface area contributed by atoms with Crippen molar-refractivity contribution in [3.63, 3.8) is 0 Å². The van der Waals surface area contributed by atoms with E-state index in [1.807, 2.05) is 12.1 Å². The topological polar surface area (TPSA) is 34.9 Å². The predicted octanol–water partition coefficient (Wildman–Crippen LogP) is 6.05. The van der Waals surface area contributed by atoms with E-state index in [0.29, 0.717) is 27.8 Å². The summed E-state index contributed by atoms with van der Waals surface area (Å²) in [5.74, 6) is 0. The molecule has 1 heterocycles. The van der Waals surface area contributed by atoms with Gasteiger partial charge in [-0.05, 0) is 61.4 Å². The van der Waals surface area contributed by atoms with E-state index in [4.69, 9.17) is 23.2 Å². The van der Waals surface area contributed by atoms with Crippen LogP contribution in [0.1, 0.15) is 40.0 Å². The average Bonchev–Trinajstić information content (AvgIpc) is 2.93. The number of nitrogens with zero attached hydrogens (tertiary/aromatic N) is 2. The third-order valence-electron chi connectivity index (χ3n) is 5.16. The fourth-order valence-corrected chi connectivity index (χ4v) is 4.37. The third-order valence-corrected chi connectivity index (χ3v) is 5.70. The number of hydrogen-bond acceptors (Lipinski definition) is 2. The van der Waals surface area contributed by atoms with Crippen LogP contribution in [0.15, 0.2) is 36.4 Å². The quantitative estimate of drug-likeness (QED) is 0.474. The second-order valence-electron chi connectivity index (χ2n) is 6.98. The molecule has 2 aromatic carbocycles. The Hall–Kier alpha value is -2.17. The SMILES string of the molecule is O=Cc1nn(-c2ccc(Cl)cc2Cl)c2c1CCCc1cc(CCCF)ccc1-2. The van der Waals surface area contributed by atoms with Crippen molar-refractivity contribution in [3.05, 3.63) is 68.8 Å². The Bertz CT molecular complexity index is 1050. The van der Waals surface area contributed by atoms with Crippen LogP contribution in [0.5, 0.6) is 0 Å². The Kier molecular flexibility index (Phi) is 5.51. The highest BCUT2D eigenvalue weighted by atomic mass is 35.5. The number of fused-ring (bicyclic) bond motifs is 3. The lowest BCUT2D eigenvalue weighted by Crippen LogP contribution is -2.02. The molecule has 4 rings (SSSR count). The van der Waals surface area contributed by atoms with Gasteiger partial charge < -0.3 is 0 Å². The maximum Gasteiger partial charge on any atom is 0.170 e. The molecule has 28 heavy (non-hydrogen) atoms. The van der Waals surface area contributed by atoms with Crippen molar-refractivity contribution in [1.29, 1.82) is 0 Å². The second-order valence-corrected chi connectivity index (χ2v) is 7.82. The molecule has 1 aliphatic rings. The zero-order valence-corrected chi connectivity index (χ0v) is 16.7. The molecule has 0 saturated heterocycles. The minimum absolute atomic E-state index is 0.314. The number of rotatable bonds is 5. The van der Waals surface area contributed by atoms with Crippen LogP contribution in [0.25, 0.3) is 16.9 Å². The van der Waals surface area contributed by atoms with E-state index in [-0.39, 0.29) is 6.67 Å². The summed E-state index contributed by atoms with van der Waals surface area (Å²) in [7, 11) is 0. The zero-order valence-electron chi connectivity index (χ0n) is 15.2. The number of halogens is 3. The first-order valence-electron chi connectivity index (χ1n) is 9.33. The molecule has 3 nitrogen and oxygen atoms in total. The number of aryl methyl sites for hydroxylation is 2. The molecular weight excluding hydrogens is 398 g/mol. The summed E-state index contributed by atoms with van der Waals surface area (Å²) in [5, 5.41) is 5.57. The van der Waals surface area contributed by atoms with Crippen LogP contribution in [0.4, 0.5) is 4.39 Å². The van der Waals surface area contributed by atoms with Crippen LogP contribution in [-0.2, 0) is 19.3 Å². The molecule has 144 valence electrons. The molecule has 1 aliphatic carbocycles. The van der Waals surface area contributed by atoms with Crippen LogP contribution in [0, 0.1) is 0 Å². The van der Waals surface area contributed by atoms with Gasteiger partial charge in [0.2, 0.25) is 0 Å². The van der Waals surface area contributed by atoms with E-state index in [1.54, 1.807) is 16.8 Å². The molecule has 0 saturated carbocycles. The summed E-state index contributed by atoms with van der Waals surface area (Å²) >= 11 is 12.5. The lowest BCUT2D eigenvalue weighted by atomic mass is 9.97. The molecular formula is C22H19Cl2FN2O. The Morgan fingerprint density at radius 2 is 2.00 bits per heavy atom. The Morgan fingerprint density at radius 3 is 2.75 bits per heavy atom. The van der Waals surface area contributed by atoms with Gasteiger partial charge in [-0.15, -0.1) is 0 Å². The van der Waals surface area contributed by atoms with Crippen molar-refractivity contribution in [2.75, 3.05) is 6.67 Å². The van der Waals surface area contributed by atoms with Crippen LogP contribution < -0.4 is 0 Å². The van der Waals surface area contributed by atoms with Crippen molar-refractivity contribution >= 4 is 29.5 Å². The normalized spacial score (nSPS) is 13.0. The van der Waals surface area contributed by atoms with Gasteiger partial charge in [-0.2, -0.15) is 5.10 Å². The number of carbonyl (C=O) groups is 1. The largest absolute Gasteiger partial charge is 0.296 e. The van der Waals surface area contributed by atoms with E-state index in [0.717, 1.165) is 54.4 Å². The van der Waals surface area contributed by atoms with E-state index >= 15 is 0 Å². The minimum atomic E-state index is -0.314. The first-order valence-corrected chi connectivity index (χ1v) is 10.1. The van der Waals surface area contributed by atoms with Gasteiger partial charge >= 0.3 is 0 Å². The van der Waals surface area contributed by atoms with Crippen LogP contribution >= 0.6 is 23.2 Å². The molecule has 0 bridgehead atoms. The highest BCUT2D eigenvalue weighted by Gasteiger charge is 2.25. The van der Waals surface area contributed by atoms with Crippen molar-refractivity contribution < 1.29 is 9.18 Å². The monoisotopic (exact) mass is 416 g/mol. The molecule has 0 radical (unpaired) electrons. The first-order chi connectivity index (χ1) is 13.6. The van der Waals surface area contributed by atoms with Gasteiger partial charge in [-0.25, -0.2) is 4.68 Å². The van der Waals surface area contributed by atoms with Crippen molar-refractivity contribution in [2.45, 2.75) is 32.1 Å². The van der Waals surface area contributed by atoms with Crippen molar-refractivity contribution in [3.8, 4) is 16.9 Å². The maximum atomic E-state index is 12.6. The molecule has 0 atom stereocenters. The van der Waals surface area contributed by atoms with Gasteiger partial charge in [-0.3, -0.25) is 9.18 Å². The molecule has 6 heteroatoms. The summed E-state index contributed by atoms with van der Waals surface area (Å²) < 4.78 is 14.3. The average molecular weight is 417 g/mol. The van der Waals surface area contributed by atoms with Gasteiger partial charge in [-0.1, -0.05) is 41.4 Å². The Labute approximate surface area is 173 Å². The smallest absolute Gasteiger partial charge is 0.170 e. The summed E-state index contributed by atoms with van der Waals surface area (Å²) in [6, 6.07) is 11.5. The summed E-state index contributed by atoms with van der Waals surface area (Å²) in [5.41, 5.74) is 6.33. The second kappa shape index (κ2) is 8.06. The number of benzene rings is 2. The number of alkyl halides is 1. The number of hydrogen-bond donors (Lipinski definition) is 0. The summed E-state index contributed by atoms with van der Waals surface area (Å²) in [6.45, 7) is -0.314. The lowest BCUT2D eigenvalue weighted by molar-refractivity contribution is 0.111. The van der Waals surface area contributed by atoms with Gasteiger partial charge in [0.1, 0.15) is 5.69 Å². The van der Waals surface area contributed by atoms with Crippen molar-refractivity contribution in [1.82, 2.24) is 9.78 Å². The van der Waals surface area contributed by atoms with E-state index in [1.165, 1.54) is 5.56 Å². The highest BCUT2D eigenvalue weighted by Crippen LogP contribution is 2.38. The summed E-state index contributed by atoms with van der Waals surface area (Å²) in [6.07, 6.45) is 4.65. The molecule has 3 aromatic rings. The van der Waals surface area contributed by atoms with E-state index < -0.39 is 0 Å². The fraction of sp³-hybridized carbons (Fsp3) is 0.273. The van der Waals surface area contributed by atoms with Crippen LogP contribution in [0.3, 0.4) is 0 Å². The number of carbonyl (C=O) groups excluding carboxylic acids is 1. The Morgan fingerprint density at radius 1 is 1.14 bits per heavy atom. The first kappa shape index (κ1) is 19.2. The van der Waals surface area contributed by atoms with Crippen LogP contribution in [0.2, 0.25) is 10.0 Å². The molecule has 1 aromatic heterocycles. The third kappa shape index (κ3) is 3.47. The summed E-state index contributed by atoms with van der Waals surface area (Å²) in [4.78, 5) is 11.7. The molecule has 0 N–H and O–H groups in total. The molecule has 0 amide bonds. The zero-order chi connectivity index (χ0) is 19.7. The fourth-order valence-electron chi connectivity index (χ4n) is 3.88.